The molecule has 0 saturated heterocycles. The highest BCUT2D eigenvalue weighted by molar-refractivity contribution is 7.90. The van der Waals surface area contributed by atoms with Gasteiger partial charge in [-0.2, -0.15) is 4.80 Å². The van der Waals surface area contributed by atoms with Crippen LogP contribution in [0.2, 0.25) is 0 Å². The van der Waals surface area contributed by atoms with Gasteiger partial charge in [0.05, 0.1) is 29.6 Å². The van der Waals surface area contributed by atoms with Gasteiger partial charge in [0.25, 0.3) is 0 Å². The van der Waals surface area contributed by atoms with E-state index in [1.54, 1.807) is 24.3 Å². The molecule has 35 heavy (non-hydrogen) atoms. The van der Waals surface area contributed by atoms with Gasteiger partial charge in [-0.25, -0.2) is 18.2 Å². The minimum atomic E-state index is -3.15. The molecule has 0 radical (unpaired) electrons. The zero-order valence-corrected chi connectivity index (χ0v) is 19.8. The van der Waals surface area contributed by atoms with Crippen LogP contribution in [0.1, 0.15) is 10.4 Å². The smallest absolute Gasteiger partial charge is 0.338 e. The van der Waals surface area contributed by atoms with E-state index in [2.05, 4.69) is 15.5 Å². The van der Waals surface area contributed by atoms with E-state index in [1.807, 2.05) is 48.5 Å². The Balaban J connectivity index is 1.62. The van der Waals surface area contributed by atoms with Crippen LogP contribution in [-0.4, -0.2) is 53.6 Å². The molecule has 3 aromatic carbocycles. The fourth-order valence-corrected chi connectivity index (χ4v) is 4.20. The average Bonchev–Trinajstić information content (AvgIpc) is 3.31. The van der Waals surface area contributed by atoms with Gasteiger partial charge in [0.1, 0.15) is 16.9 Å². The fraction of sp³-hybridized carbons (Fsp3) is 0.120. The van der Waals surface area contributed by atoms with E-state index in [-0.39, 0.29) is 5.88 Å². The summed E-state index contributed by atoms with van der Waals surface area (Å²) in [6, 6.07) is 21.9. The Kier molecular flexibility index (Phi) is 5.65. The number of fused-ring (bicyclic) bond motifs is 3. The first-order chi connectivity index (χ1) is 16.8. The van der Waals surface area contributed by atoms with Crippen molar-refractivity contribution in [1.82, 2.24) is 20.0 Å². The summed E-state index contributed by atoms with van der Waals surface area (Å²) in [5.74, 6) is -0.668. The molecular formula is C25H21N5O4S. The molecule has 0 atom stereocenters. The maximum absolute atomic E-state index is 12.8. The van der Waals surface area contributed by atoms with Gasteiger partial charge in [0, 0.05) is 22.9 Å². The number of rotatable bonds is 6. The number of nitrogens with one attached hydrogen (secondary N) is 1. The van der Waals surface area contributed by atoms with Gasteiger partial charge in [-0.3, -0.25) is 0 Å². The molecule has 5 rings (SSSR count). The zero-order chi connectivity index (χ0) is 24.6. The Hall–Kier alpha value is -4.31. The molecule has 2 aromatic heterocycles. The summed E-state index contributed by atoms with van der Waals surface area (Å²) in [6.07, 6.45) is 1.16. The van der Waals surface area contributed by atoms with Gasteiger partial charge in [-0.05, 0) is 42.5 Å². The number of pyridine rings is 1. The third kappa shape index (κ3) is 4.56. The van der Waals surface area contributed by atoms with Crippen LogP contribution in [0.25, 0.3) is 38.9 Å². The van der Waals surface area contributed by atoms with Crippen LogP contribution >= 0.6 is 0 Å². The van der Waals surface area contributed by atoms with E-state index in [0.717, 1.165) is 17.5 Å². The minimum Gasteiger partial charge on any atom is -0.465 e. The first kappa shape index (κ1) is 22.5. The number of benzene rings is 3. The summed E-state index contributed by atoms with van der Waals surface area (Å²) in [4.78, 5) is 19.1. The highest BCUT2D eigenvalue weighted by atomic mass is 32.2. The van der Waals surface area contributed by atoms with Crippen LogP contribution in [-0.2, 0) is 14.6 Å². The number of carbonyl (C=O) groups excluding carboxylic acids is 1. The van der Waals surface area contributed by atoms with E-state index >= 15 is 0 Å². The summed E-state index contributed by atoms with van der Waals surface area (Å²) in [5.41, 5.74) is 4.87. The maximum Gasteiger partial charge on any atom is 0.338 e. The van der Waals surface area contributed by atoms with Gasteiger partial charge in [0.2, 0.25) is 0 Å². The van der Waals surface area contributed by atoms with Gasteiger partial charge in [-0.1, -0.05) is 30.3 Å². The number of hydrogen-bond acceptors (Lipinski definition) is 8. The number of ether oxygens (including phenoxy) is 1. The number of methoxy groups -OCH3 is 1. The van der Waals surface area contributed by atoms with Crippen molar-refractivity contribution in [2.75, 3.05) is 24.6 Å². The third-order valence-electron chi connectivity index (χ3n) is 5.43. The molecule has 0 spiro atoms. The largest absolute Gasteiger partial charge is 0.465 e. The number of esters is 1. The molecule has 10 heteroatoms. The third-order valence-corrected chi connectivity index (χ3v) is 6.10. The predicted octanol–water partition coefficient (Wildman–Crippen LogP) is 3.84. The van der Waals surface area contributed by atoms with Gasteiger partial charge in [-0.15, -0.1) is 10.2 Å². The van der Waals surface area contributed by atoms with E-state index in [0.29, 0.717) is 38.9 Å². The average molecular weight is 488 g/mol. The lowest BCUT2D eigenvalue weighted by Crippen LogP contribution is -2.12. The molecule has 2 heterocycles. The Bertz CT molecular complexity index is 1660. The summed E-state index contributed by atoms with van der Waals surface area (Å²) in [5, 5.41) is 12.6. The predicted molar refractivity (Wildman–Crippen MR) is 134 cm³/mol. The van der Waals surface area contributed by atoms with Crippen molar-refractivity contribution in [1.29, 1.82) is 0 Å². The van der Waals surface area contributed by atoms with Crippen LogP contribution in [0.5, 0.6) is 0 Å². The standard InChI is InChI=1S/C25H21N5O4S/c1-34-25(31)19-14-22(16-8-10-17(11-9-16)26-15-35(2,32)33)27-20-12-13-21-24(23(19)20)29-30(28-21)18-6-4-3-5-7-18/h3-14,26H,15H2,1-2H3. The number of anilines is 1. The van der Waals surface area contributed by atoms with Crippen molar-refractivity contribution in [2.45, 2.75) is 0 Å². The highest BCUT2D eigenvalue weighted by Crippen LogP contribution is 2.30. The first-order valence-electron chi connectivity index (χ1n) is 10.7. The van der Waals surface area contributed by atoms with E-state index in [9.17, 15) is 13.2 Å². The van der Waals surface area contributed by atoms with Crippen molar-refractivity contribution in [2.24, 2.45) is 0 Å². The first-order valence-corrected chi connectivity index (χ1v) is 12.7. The topological polar surface area (TPSA) is 116 Å². The summed E-state index contributed by atoms with van der Waals surface area (Å²) >= 11 is 0. The summed E-state index contributed by atoms with van der Waals surface area (Å²) < 4.78 is 27.9. The van der Waals surface area contributed by atoms with Crippen molar-refractivity contribution < 1.29 is 17.9 Å². The molecule has 0 bridgehead atoms. The molecule has 176 valence electrons. The van der Waals surface area contributed by atoms with Crippen molar-refractivity contribution in [3.05, 3.63) is 78.4 Å². The lowest BCUT2D eigenvalue weighted by atomic mass is 10.0. The number of para-hydroxylation sites is 1. The molecule has 0 saturated carbocycles. The molecule has 0 aliphatic carbocycles. The molecule has 1 N–H and O–H groups in total. The maximum atomic E-state index is 12.8. The van der Waals surface area contributed by atoms with Crippen LogP contribution in [0, 0.1) is 0 Å². The monoisotopic (exact) mass is 487 g/mol. The van der Waals surface area contributed by atoms with Gasteiger partial charge in [0.15, 0.2) is 9.84 Å². The SMILES string of the molecule is COC(=O)c1cc(-c2ccc(NCS(C)(=O)=O)cc2)nc2ccc3nn(-c4ccccc4)nc3c12. The molecule has 0 fully saturated rings. The van der Waals surface area contributed by atoms with Crippen LogP contribution in [0.4, 0.5) is 5.69 Å². The Labute approximate surface area is 201 Å². The fourth-order valence-electron chi connectivity index (χ4n) is 3.77. The molecular weight excluding hydrogens is 466 g/mol. The molecule has 0 aliphatic heterocycles. The van der Waals surface area contributed by atoms with Gasteiger partial charge >= 0.3 is 5.97 Å². The normalized spacial score (nSPS) is 11.6. The molecule has 9 nitrogen and oxygen atoms in total. The molecule has 5 aromatic rings. The second kappa shape index (κ2) is 8.80. The zero-order valence-electron chi connectivity index (χ0n) is 19.0. The molecule has 0 amide bonds. The van der Waals surface area contributed by atoms with Crippen LogP contribution < -0.4 is 5.32 Å². The lowest BCUT2D eigenvalue weighted by molar-refractivity contribution is 0.0603. The summed E-state index contributed by atoms with van der Waals surface area (Å²) in [7, 11) is -1.82. The van der Waals surface area contributed by atoms with Crippen LogP contribution in [0.3, 0.4) is 0 Å². The second-order valence-corrected chi connectivity index (χ2v) is 10.2. The Morgan fingerprint density at radius 1 is 0.971 bits per heavy atom. The second-order valence-electron chi connectivity index (χ2n) is 8.02. The van der Waals surface area contributed by atoms with E-state index in [4.69, 9.17) is 9.72 Å². The Morgan fingerprint density at radius 3 is 2.37 bits per heavy atom. The highest BCUT2D eigenvalue weighted by Gasteiger charge is 2.19. The lowest BCUT2D eigenvalue weighted by Gasteiger charge is -2.10. The van der Waals surface area contributed by atoms with Gasteiger partial charge < -0.3 is 10.1 Å². The Morgan fingerprint density at radius 2 is 1.69 bits per heavy atom. The number of hydrogen-bond donors (Lipinski definition) is 1. The van der Waals surface area contributed by atoms with Crippen molar-refractivity contribution >= 4 is 43.4 Å². The number of sulfone groups is 1. The van der Waals surface area contributed by atoms with Crippen LogP contribution in [0.15, 0.2) is 72.8 Å². The van der Waals surface area contributed by atoms with E-state index < -0.39 is 15.8 Å². The van der Waals surface area contributed by atoms with E-state index in [1.165, 1.54) is 11.9 Å². The minimum absolute atomic E-state index is 0.160. The molecule has 0 aliphatic rings. The summed E-state index contributed by atoms with van der Waals surface area (Å²) in [6.45, 7) is 0. The number of nitrogens with zero attached hydrogens (tertiary/aromatic N) is 4. The number of carbonyl (C=O) groups is 1. The molecule has 0 unspecified atom stereocenters. The quantitative estimate of drug-likeness (QED) is 0.359. The number of aromatic nitrogens is 4. The van der Waals surface area contributed by atoms with Crippen molar-refractivity contribution in [3.63, 3.8) is 0 Å². The van der Waals surface area contributed by atoms with Crippen molar-refractivity contribution in [3.8, 4) is 16.9 Å².